The fraction of sp³-hybridized carbons (Fsp3) is 0.600. The molecule has 0 radical (unpaired) electrons. The third kappa shape index (κ3) is 3.13. The van der Waals surface area contributed by atoms with E-state index in [4.69, 9.17) is 10.7 Å². The van der Waals surface area contributed by atoms with E-state index in [0.29, 0.717) is 5.92 Å². The molecule has 0 aromatic carbocycles. The molecule has 2 N–H and O–H groups in total. The number of aryl methyl sites for hydroxylation is 1. The van der Waals surface area contributed by atoms with Crippen molar-refractivity contribution in [2.75, 3.05) is 0 Å². The van der Waals surface area contributed by atoms with Gasteiger partial charge < -0.3 is 10.3 Å². The highest BCUT2D eigenvalue weighted by atomic mass is 15.1. The Bertz CT molecular complexity index is 557. The van der Waals surface area contributed by atoms with Gasteiger partial charge in [-0.3, -0.25) is 0 Å². The number of imidazole rings is 1. The topological polar surface area (TPSA) is 56.7 Å². The van der Waals surface area contributed by atoms with E-state index in [1.54, 1.807) is 0 Å². The molecular formula is C15H24N4. The van der Waals surface area contributed by atoms with Crippen LogP contribution in [0.1, 0.15) is 38.6 Å². The maximum absolute atomic E-state index is 6.11. The highest BCUT2D eigenvalue weighted by molar-refractivity contribution is 5.72. The van der Waals surface area contributed by atoms with E-state index < -0.39 is 0 Å². The lowest BCUT2D eigenvalue weighted by atomic mass is 10.1. The number of nitrogens with zero attached hydrogens (tertiary/aromatic N) is 3. The van der Waals surface area contributed by atoms with Gasteiger partial charge in [0.15, 0.2) is 5.65 Å². The zero-order valence-corrected chi connectivity index (χ0v) is 12.3. The number of pyridine rings is 1. The summed E-state index contributed by atoms with van der Waals surface area (Å²) in [5.41, 5.74) is 9.20. The number of rotatable bonds is 5. The average molecular weight is 260 g/mol. The molecule has 4 nitrogen and oxygen atoms in total. The van der Waals surface area contributed by atoms with Gasteiger partial charge in [0.2, 0.25) is 0 Å². The quantitative estimate of drug-likeness (QED) is 0.899. The Hall–Kier alpha value is -1.42. The van der Waals surface area contributed by atoms with Crippen LogP contribution in [0.25, 0.3) is 11.2 Å². The lowest BCUT2D eigenvalue weighted by molar-refractivity contribution is 0.511. The summed E-state index contributed by atoms with van der Waals surface area (Å²) in [6.07, 6.45) is 3.83. The van der Waals surface area contributed by atoms with Crippen LogP contribution in [0, 0.1) is 12.8 Å². The largest absolute Gasteiger partial charge is 0.326 e. The predicted molar refractivity (Wildman–Crippen MR) is 79.1 cm³/mol. The smallest absolute Gasteiger partial charge is 0.160 e. The van der Waals surface area contributed by atoms with Crippen LogP contribution in [0.15, 0.2) is 12.3 Å². The van der Waals surface area contributed by atoms with E-state index in [-0.39, 0.29) is 6.04 Å². The summed E-state index contributed by atoms with van der Waals surface area (Å²) in [7, 11) is 0. The zero-order chi connectivity index (χ0) is 14.0. The monoisotopic (exact) mass is 260 g/mol. The molecule has 0 aliphatic heterocycles. The fourth-order valence-electron chi connectivity index (χ4n) is 2.23. The first kappa shape index (κ1) is 14.0. The van der Waals surface area contributed by atoms with Crippen molar-refractivity contribution in [1.82, 2.24) is 14.5 Å². The number of nitrogens with two attached hydrogens (primary N) is 1. The van der Waals surface area contributed by atoms with Crippen molar-refractivity contribution >= 4 is 11.2 Å². The number of hydrogen-bond donors (Lipinski definition) is 1. The molecule has 0 amide bonds. The van der Waals surface area contributed by atoms with Crippen molar-refractivity contribution in [3.63, 3.8) is 0 Å². The van der Waals surface area contributed by atoms with Crippen molar-refractivity contribution in [2.24, 2.45) is 11.7 Å². The molecule has 19 heavy (non-hydrogen) atoms. The second-order valence-corrected chi connectivity index (χ2v) is 5.76. The summed E-state index contributed by atoms with van der Waals surface area (Å²) in [4.78, 5) is 9.29. The van der Waals surface area contributed by atoms with E-state index in [0.717, 1.165) is 41.9 Å². The minimum atomic E-state index is 0.159. The lowest BCUT2D eigenvalue weighted by Gasteiger charge is -2.14. The molecule has 2 aromatic rings. The third-order valence-corrected chi connectivity index (χ3v) is 3.33. The third-order valence-electron chi connectivity index (χ3n) is 3.33. The Balaban J connectivity index is 2.48. The Labute approximate surface area is 115 Å². The number of fused-ring (bicyclic) bond motifs is 1. The molecular weight excluding hydrogens is 236 g/mol. The van der Waals surface area contributed by atoms with Crippen LogP contribution in [0.5, 0.6) is 0 Å². The van der Waals surface area contributed by atoms with E-state index in [1.807, 2.05) is 13.1 Å². The maximum atomic E-state index is 6.11. The maximum Gasteiger partial charge on any atom is 0.160 e. The molecule has 0 spiro atoms. The highest BCUT2D eigenvalue weighted by Crippen LogP contribution is 2.18. The summed E-state index contributed by atoms with van der Waals surface area (Å²) in [5.74, 6) is 1.68. The van der Waals surface area contributed by atoms with Crippen molar-refractivity contribution in [3.8, 4) is 0 Å². The van der Waals surface area contributed by atoms with Crippen LogP contribution in [0.4, 0.5) is 0 Å². The van der Waals surface area contributed by atoms with Gasteiger partial charge in [-0.25, -0.2) is 9.97 Å². The Morgan fingerprint density at radius 1 is 1.37 bits per heavy atom. The fourth-order valence-corrected chi connectivity index (χ4v) is 2.23. The minimum Gasteiger partial charge on any atom is -0.326 e. The summed E-state index contributed by atoms with van der Waals surface area (Å²) in [6, 6.07) is 2.26. The standard InChI is InChI=1S/C15H24N4/c1-5-12(16)9-19-14(6-10(2)3)18-13-7-11(4)8-17-15(13)19/h7-8,10,12H,5-6,9,16H2,1-4H3. The molecule has 1 unspecified atom stereocenters. The van der Waals surface area contributed by atoms with E-state index in [9.17, 15) is 0 Å². The van der Waals surface area contributed by atoms with E-state index in [1.165, 1.54) is 0 Å². The SMILES string of the molecule is CCC(N)Cn1c(CC(C)C)nc2cc(C)cnc21. The van der Waals surface area contributed by atoms with Crippen LogP contribution in [-0.2, 0) is 13.0 Å². The highest BCUT2D eigenvalue weighted by Gasteiger charge is 2.15. The van der Waals surface area contributed by atoms with Crippen LogP contribution >= 0.6 is 0 Å². The zero-order valence-electron chi connectivity index (χ0n) is 12.3. The molecule has 0 bridgehead atoms. The molecule has 0 aliphatic rings. The van der Waals surface area contributed by atoms with Gasteiger partial charge in [-0.15, -0.1) is 0 Å². The van der Waals surface area contributed by atoms with Gasteiger partial charge in [-0.05, 0) is 30.9 Å². The molecule has 0 fully saturated rings. The van der Waals surface area contributed by atoms with Crippen LogP contribution in [0.3, 0.4) is 0 Å². The molecule has 2 heterocycles. The molecule has 2 aromatic heterocycles. The van der Waals surface area contributed by atoms with Crippen molar-refractivity contribution < 1.29 is 0 Å². The van der Waals surface area contributed by atoms with E-state index >= 15 is 0 Å². The van der Waals surface area contributed by atoms with Crippen molar-refractivity contribution in [3.05, 3.63) is 23.7 Å². The van der Waals surface area contributed by atoms with Crippen molar-refractivity contribution in [2.45, 2.75) is 53.1 Å². The second-order valence-electron chi connectivity index (χ2n) is 5.76. The molecule has 4 heteroatoms. The Morgan fingerprint density at radius 2 is 2.11 bits per heavy atom. The van der Waals surface area contributed by atoms with Gasteiger partial charge in [0.25, 0.3) is 0 Å². The van der Waals surface area contributed by atoms with Gasteiger partial charge in [0.05, 0.1) is 0 Å². The Morgan fingerprint density at radius 3 is 2.74 bits per heavy atom. The molecule has 104 valence electrons. The van der Waals surface area contributed by atoms with Gasteiger partial charge in [-0.1, -0.05) is 20.8 Å². The molecule has 0 saturated carbocycles. The minimum absolute atomic E-state index is 0.159. The van der Waals surface area contributed by atoms with Gasteiger partial charge in [0.1, 0.15) is 11.3 Å². The molecule has 0 saturated heterocycles. The molecule has 2 rings (SSSR count). The van der Waals surface area contributed by atoms with Gasteiger partial charge in [0, 0.05) is 25.2 Å². The van der Waals surface area contributed by atoms with Crippen LogP contribution in [-0.4, -0.2) is 20.6 Å². The van der Waals surface area contributed by atoms with Crippen molar-refractivity contribution in [1.29, 1.82) is 0 Å². The Kier molecular flexibility index (Phi) is 4.20. The predicted octanol–water partition coefficient (Wildman–Crippen LogP) is 2.68. The van der Waals surface area contributed by atoms with E-state index in [2.05, 4.69) is 36.4 Å². The number of aromatic nitrogens is 3. The average Bonchev–Trinajstić information content (AvgIpc) is 2.65. The normalized spacial score (nSPS) is 13.4. The lowest BCUT2D eigenvalue weighted by Crippen LogP contribution is -2.26. The number of hydrogen-bond acceptors (Lipinski definition) is 3. The van der Waals surface area contributed by atoms with Crippen LogP contribution in [0.2, 0.25) is 0 Å². The molecule has 0 aliphatic carbocycles. The van der Waals surface area contributed by atoms with Gasteiger partial charge in [-0.2, -0.15) is 0 Å². The second kappa shape index (κ2) is 5.70. The first-order valence-electron chi connectivity index (χ1n) is 7.08. The first-order chi connectivity index (χ1) is 9.01. The summed E-state index contributed by atoms with van der Waals surface area (Å²) < 4.78 is 2.20. The molecule has 1 atom stereocenters. The van der Waals surface area contributed by atoms with Gasteiger partial charge >= 0.3 is 0 Å². The first-order valence-corrected chi connectivity index (χ1v) is 7.08. The van der Waals surface area contributed by atoms with Crippen LogP contribution < -0.4 is 5.73 Å². The summed E-state index contributed by atoms with van der Waals surface area (Å²) >= 11 is 0. The summed E-state index contributed by atoms with van der Waals surface area (Å²) in [6.45, 7) is 9.38. The summed E-state index contributed by atoms with van der Waals surface area (Å²) in [5, 5.41) is 0.